The number of nitrogens with zero attached hydrogens (tertiary/aromatic N) is 4. The summed E-state index contributed by atoms with van der Waals surface area (Å²) < 4.78 is 10.9. The summed E-state index contributed by atoms with van der Waals surface area (Å²) in [5.41, 5.74) is 0. The molecular formula is C18H22N4O3. The number of aromatic nitrogens is 3. The van der Waals surface area contributed by atoms with Crippen molar-refractivity contribution in [2.24, 2.45) is 0 Å². The van der Waals surface area contributed by atoms with Crippen LogP contribution in [0.25, 0.3) is 0 Å². The molecule has 0 saturated carbocycles. The van der Waals surface area contributed by atoms with E-state index >= 15 is 0 Å². The molecule has 2 unspecified atom stereocenters. The Balaban J connectivity index is 1.38. The predicted octanol–water partition coefficient (Wildman–Crippen LogP) is 2.06. The minimum absolute atomic E-state index is 0.0576. The van der Waals surface area contributed by atoms with E-state index < -0.39 is 0 Å². The molecule has 2 aliphatic rings. The first-order chi connectivity index (χ1) is 12.2. The fraction of sp³-hybridized carbons (Fsp3) is 0.500. The molecule has 0 radical (unpaired) electrons. The van der Waals surface area contributed by atoms with E-state index in [2.05, 4.69) is 10.2 Å². The van der Waals surface area contributed by atoms with Crippen LogP contribution in [0.2, 0.25) is 0 Å². The van der Waals surface area contributed by atoms with E-state index in [-0.39, 0.29) is 30.6 Å². The third kappa shape index (κ3) is 3.18. The summed E-state index contributed by atoms with van der Waals surface area (Å²) in [4.78, 5) is 16.5. The van der Waals surface area contributed by atoms with Gasteiger partial charge in [0.2, 0.25) is 0 Å². The summed E-state index contributed by atoms with van der Waals surface area (Å²) in [6, 6.07) is 8.13. The van der Waals surface area contributed by atoms with Crippen LogP contribution in [0, 0.1) is 0 Å². The van der Waals surface area contributed by atoms with Crippen molar-refractivity contribution in [1.82, 2.24) is 19.9 Å². The van der Waals surface area contributed by atoms with E-state index in [1.54, 1.807) is 30.4 Å². The number of carbonyl (C=O) groups excluding carboxylic acids is 1. The van der Waals surface area contributed by atoms with E-state index in [9.17, 15) is 4.79 Å². The number of amides is 1. The van der Waals surface area contributed by atoms with Crippen LogP contribution in [0.4, 0.5) is 0 Å². The lowest BCUT2D eigenvalue weighted by molar-refractivity contribution is -0.138. The van der Waals surface area contributed by atoms with Crippen LogP contribution in [-0.4, -0.2) is 51.6 Å². The first-order valence-corrected chi connectivity index (χ1v) is 8.68. The zero-order chi connectivity index (χ0) is 17.2. The van der Waals surface area contributed by atoms with Crippen molar-refractivity contribution in [3.63, 3.8) is 0 Å². The summed E-state index contributed by atoms with van der Waals surface area (Å²) in [6.07, 6.45) is 7.34. The quantitative estimate of drug-likeness (QED) is 0.832. The molecule has 2 aromatic rings. The Labute approximate surface area is 146 Å². The number of hydrogen-bond acceptors (Lipinski definition) is 5. The molecule has 7 nitrogen and oxygen atoms in total. The maximum atomic E-state index is 12.7. The molecule has 2 fully saturated rings. The molecular weight excluding hydrogens is 320 g/mol. The molecule has 0 spiro atoms. The van der Waals surface area contributed by atoms with Gasteiger partial charge in [0.15, 0.2) is 6.61 Å². The summed E-state index contributed by atoms with van der Waals surface area (Å²) >= 11 is 0. The number of ether oxygens (including phenoxy) is 2. The number of methoxy groups -OCH3 is 1. The van der Waals surface area contributed by atoms with E-state index in [1.165, 1.54) is 0 Å². The van der Waals surface area contributed by atoms with Crippen LogP contribution in [0.15, 0.2) is 36.7 Å². The summed E-state index contributed by atoms with van der Waals surface area (Å²) in [5.74, 6) is 1.43. The average molecular weight is 342 g/mol. The van der Waals surface area contributed by atoms with E-state index in [0.29, 0.717) is 5.75 Å². The normalized spacial score (nSPS) is 25.0. The van der Waals surface area contributed by atoms with E-state index in [0.717, 1.165) is 31.4 Å². The highest BCUT2D eigenvalue weighted by Gasteiger charge is 2.44. The van der Waals surface area contributed by atoms with Crippen LogP contribution < -0.4 is 9.47 Å². The second kappa shape index (κ2) is 6.74. The van der Waals surface area contributed by atoms with Crippen molar-refractivity contribution in [2.75, 3.05) is 13.7 Å². The molecule has 0 aliphatic carbocycles. The first kappa shape index (κ1) is 15.9. The summed E-state index contributed by atoms with van der Waals surface area (Å²) in [5, 5.41) is 8.53. The Morgan fingerprint density at radius 1 is 1.12 bits per heavy atom. The Bertz CT molecular complexity index is 720. The summed E-state index contributed by atoms with van der Waals surface area (Å²) in [6.45, 7) is 0.0604. The number of piperidine rings is 1. The highest BCUT2D eigenvalue weighted by atomic mass is 16.5. The van der Waals surface area contributed by atoms with Gasteiger partial charge < -0.3 is 14.4 Å². The van der Waals surface area contributed by atoms with Crippen molar-refractivity contribution in [1.29, 1.82) is 0 Å². The molecule has 1 amide bonds. The first-order valence-electron chi connectivity index (χ1n) is 8.68. The number of carbonyl (C=O) groups is 1. The zero-order valence-electron chi connectivity index (χ0n) is 14.2. The van der Waals surface area contributed by atoms with E-state index in [1.807, 2.05) is 23.1 Å². The molecule has 2 aliphatic heterocycles. The third-order valence-electron chi connectivity index (χ3n) is 5.16. The number of rotatable bonds is 5. The maximum Gasteiger partial charge on any atom is 0.261 e. The van der Waals surface area contributed by atoms with Crippen LogP contribution in [-0.2, 0) is 4.79 Å². The minimum atomic E-state index is 0.0576. The highest BCUT2D eigenvalue weighted by Crippen LogP contribution is 2.40. The van der Waals surface area contributed by atoms with Crippen molar-refractivity contribution < 1.29 is 14.3 Å². The number of benzene rings is 1. The van der Waals surface area contributed by atoms with Crippen LogP contribution >= 0.6 is 0 Å². The predicted molar refractivity (Wildman–Crippen MR) is 90.4 cm³/mol. The highest BCUT2D eigenvalue weighted by molar-refractivity contribution is 5.79. The zero-order valence-corrected chi connectivity index (χ0v) is 14.2. The minimum Gasteiger partial charge on any atom is -0.497 e. The van der Waals surface area contributed by atoms with Gasteiger partial charge in [0.1, 0.15) is 11.5 Å². The largest absolute Gasteiger partial charge is 0.497 e. The molecule has 2 atom stereocenters. The second-order valence-electron chi connectivity index (χ2n) is 6.63. The molecule has 132 valence electrons. The molecule has 4 rings (SSSR count). The van der Waals surface area contributed by atoms with E-state index in [4.69, 9.17) is 9.47 Å². The van der Waals surface area contributed by atoms with Gasteiger partial charge in [-0.2, -0.15) is 15.0 Å². The van der Waals surface area contributed by atoms with Gasteiger partial charge >= 0.3 is 0 Å². The second-order valence-corrected chi connectivity index (χ2v) is 6.63. The van der Waals surface area contributed by atoms with Gasteiger partial charge in [-0.3, -0.25) is 4.79 Å². The Kier molecular flexibility index (Phi) is 4.29. The van der Waals surface area contributed by atoms with Gasteiger partial charge in [-0.1, -0.05) is 6.07 Å². The maximum absolute atomic E-state index is 12.7. The van der Waals surface area contributed by atoms with Crippen molar-refractivity contribution in [2.45, 2.75) is 43.8 Å². The van der Waals surface area contributed by atoms with Crippen LogP contribution in [0.3, 0.4) is 0 Å². The fourth-order valence-corrected chi connectivity index (χ4v) is 4.07. The molecule has 1 aromatic carbocycles. The molecule has 2 saturated heterocycles. The lowest BCUT2D eigenvalue weighted by Crippen LogP contribution is -2.48. The van der Waals surface area contributed by atoms with Gasteiger partial charge in [-0.15, -0.1) is 0 Å². The van der Waals surface area contributed by atoms with Crippen molar-refractivity contribution in [3.8, 4) is 11.5 Å². The number of hydrogen-bond donors (Lipinski definition) is 0. The molecule has 3 heterocycles. The lowest BCUT2D eigenvalue weighted by Gasteiger charge is -2.38. The smallest absolute Gasteiger partial charge is 0.261 e. The van der Waals surface area contributed by atoms with Gasteiger partial charge in [0.25, 0.3) is 5.91 Å². The number of fused-ring (bicyclic) bond motifs is 2. The average Bonchev–Trinajstić information content (AvgIpc) is 3.26. The molecule has 2 bridgehead atoms. The molecule has 25 heavy (non-hydrogen) atoms. The fourth-order valence-electron chi connectivity index (χ4n) is 4.07. The molecule has 7 heteroatoms. The van der Waals surface area contributed by atoms with Crippen molar-refractivity contribution >= 4 is 5.91 Å². The topological polar surface area (TPSA) is 69.5 Å². The standard InChI is InChI=1S/C18H22N4O3/c1-24-16-3-2-4-17(11-16)25-12-18(23)21-13-5-6-14(21)10-15(9-13)22-19-7-8-20-22/h2-4,7-8,11,13-15H,5-6,9-10,12H2,1H3. The lowest BCUT2D eigenvalue weighted by atomic mass is 9.98. The monoisotopic (exact) mass is 342 g/mol. The SMILES string of the molecule is COc1cccc(OCC(=O)N2C3CCC2CC(n2nccn2)C3)c1. The van der Waals surface area contributed by atoms with Gasteiger partial charge in [-0.05, 0) is 37.8 Å². The van der Waals surface area contributed by atoms with Crippen LogP contribution in [0.5, 0.6) is 11.5 Å². The third-order valence-corrected chi connectivity index (χ3v) is 5.16. The summed E-state index contributed by atoms with van der Waals surface area (Å²) in [7, 11) is 1.61. The van der Waals surface area contributed by atoms with Gasteiger partial charge in [0, 0.05) is 18.2 Å². The van der Waals surface area contributed by atoms with Crippen molar-refractivity contribution in [3.05, 3.63) is 36.7 Å². The Morgan fingerprint density at radius 3 is 2.48 bits per heavy atom. The Hall–Kier alpha value is -2.57. The molecule has 0 N–H and O–H groups in total. The van der Waals surface area contributed by atoms with Gasteiger partial charge in [-0.25, -0.2) is 0 Å². The molecule has 1 aromatic heterocycles. The Morgan fingerprint density at radius 2 is 1.80 bits per heavy atom. The van der Waals surface area contributed by atoms with Crippen LogP contribution in [0.1, 0.15) is 31.7 Å². The van der Waals surface area contributed by atoms with Gasteiger partial charge in [0.05, 0.1) is 25.5 Å².